The van der Waals surface area contributed by atoms with Crippen molar-refractivity contribution in [1.82, 2.24) is 5.32 Å². The standard InChI is InChI=1S/C20H20ClN3O5S2/c1-2-29-18(25)12-24(31(27,28)16-9-5-14(21)6-10-16)15-7-3-13(4-8-15)11-17-19(26)23-20(22)30-17/h3-10,17H,2,11-12H2,1H3,(H2,22,23,26). The highest BCUT2D eigenvalue weighted by Crippen LogP contribution is 2.27. The maximum atomic E-state index is 13.2. The number of sulfonamides is 1. The lowest BCUT2D eigenvalue weighted by Gasteiger charge is -2.24. The molecule has 11 heteroatoms. The summed E-state index contributed by atoms with van der Waals surface area (Å²) >= 11 is 7.00. The summed E-state index contributed by atoms with van der Waals surface area (Å²) < 4.78 is 32.4. The molecule has 0 aromatic heterocycles. The Morgan fingerprint density at radius 3 is 2.39 bits per heavy atom. The molecule has 3 rings (SSSR count). The maximum Gasteiger partial charge on any atom is 0.326 e. The number of nitrogens with zero attached hydrogens (tertiary/aromatic N) is 1. The SMILES string of the molecule is CCOC(=O)CN(c1ccc(CC2SC(=N)NC2=O)cc1)S(=O)(=O)c1ccc(Cl)cc1. The monoisotopic (exact) mass is 481 g/mol. The summed E-state index contributed by atoms with van der Waals surface area (Å²) in [7, 11) is -4.06. The number of carbonyl (C=O) groups is 2. The molecule has 0 aliphatic carbocycles. The molecular weight excluding hydrogens is 462 g/mol. The van der Waals surface area contributed by atoms with Crippen LogP contribution in [0.15, 0.2) is 53.4 Å². The van der Waals surface area contributed by atoms with Crippen molar-refractivity contribution >= 4 is 56.1 Å². The Bertz CT molecular complexity index is 1090. The summed E-state index contributed by atoms with van der Waals surface area (Å²) in [6.45, 7) is 1.28. The van der Waals surface area contributed by atoms with Crippen LogP contribution in [0, 0.1) is 5.41 Å². The first kappa shape index (κ1) is 23.1. The van der Waals surface area contributed by atoms with E-state index in [4.69, 9.17) is 21.7 Å². The second-order valence-corrected chi connectivity index (χ2v) is 10.1. The number of anilines is 1. The fourth-order valence-corrected chi connectivity index (χ4v) is 5.36. The molecule has 2 N–H and O–H groups in total. The third kappa shape index (κ3) is 5.57. The number of carbonyl (C=O) groups excluding carboxylic acids is 2. The van der Waals surface area contributed by atoms with Gasteiger partial charge in [-0.05, 0) is 55.3 Å². The van der Waals surface area contributed by atoms with Crippen molar-refractivity contribution in [1.29, 1.82) is 5.41 Å². The lowest BCUT2D eigenvalue weighted by Crippen LogP contribution is -2.36. The van der Waals surface area contributed by atoms with E-state index in [9.17, 15) is 18.0 Å². The average Bonchev–Trinajstić information content (AvgIpc) is 3.04. The van der Waals surface area contributed by atoms with Crippen molar-refractivity contribution in [2.24, 2.45) is 0 Å². The van der Waals surface area contributed by atoms with Gasteiger partial charge in [-0.25, -0.2) is 8.42 Å². The van der Waals surface area contributed by atoms with E-state index in [-0.39, 0.29) is 28.3 Å². The second kappa shape index (κ2) is 9.71. The molecule has 1 saturated heterocycles. The van der Waals surface area contributed by atoms with E-state index in [0.29, 0.717) is 11.4 Å². The topological polar surface area (TPSA) is 117 Å². The Labute approximate surface area is 189 Å². The minimum atomic E-state index is -4.06. The molecule has 8 nitrogen and oxygen atoms in total. The lowest BCUT2D eigenvalue weighted by atomic mass is 10.1. The van der Waals surface area contributed by atoms with Gasteiger partial charge in [0.25, 0.3) is 10.0 Å². The molecule has 0 radical (unpaired) electrons. The zero-order valence-electron chi connectivity index (χ0n) is 16.5. The van der Waals surface area contributed by atoms with Crippen LogP contribution in [0.5, 0.6) is 0 Å². The number of nitrogens with one attached hydrogen (secondary N) is 2. The van der Waals surface area contributed by atoms with E-state index in [2.05, 4.69) is 5.32 Å². The highest BCUT2D eigenvalue weighted by molar-refractivity contribution is 8.15. The van der Waals surface area contributed by atoms with Crippen molar-refractivity contribution in [2.45, 2.75) is 23.5 Å². The van der Waals surface area contributed by atoms with E-state index in [1.54, 1.807) is 31.2 Å². The summed E-state index contributed by atoms with van der Waals surface area (Å²) in [6.07, 6.45) is 0.390. The molecular formula is C20H20ClN3O5S2. The van der Waals surface area contributed by atoms with Gasteiger partial charge >= 0.3 is 5.97 Å². The number of amidine groups is 1. The van der Waals surface area contributed by atoms with Crippen LogP contribution in [0.3, 0.4) is 0 Å². The van der Waals surface area contributed by atoms with E-state index < -0.39 is 27.8 Å². The molecule has 31 heavy (non-hydrogen) atoms. The Kier molecular flexibility index (Phi) is 7.24. The lowest BCUT2D eigenvalue weighted by molar-refractivity contribution is -0.141. The van der Waals surface area contributed by atoms with Gasteiger partial charge in [-0.1, -0.05) is 35.5 Å². The molecule has 1 fully saturated rings. The van der Waals surface area contributed by atoms with Gasteiger partial charge in [-0.3, -0.25) is 19.3 Å². The molecule has 1 aliphatic rings. The van der Waals surface area contributed by atoms with Crippen LogP contribution >= 0.6 is 23.4 Å². The molecule has 1 unspecified atom stereocenters. The Morgan fingerprint density at radius 2 is 1.84 bits per heavy atom. The molecule has 2 aromatic carbocycles. The maximum absolute atomic E-state index is 13.2. The summed E-state index contributed by atoms with van der Waals surface area (Å²) in [5, 5.41) is 10.1. The third-order valence-electron chi connectivity index (χ3n) is 4.41. The van der Waals surface area contributed by atoms with E-state index in [0.717, 1.165) is 21.6 Å². The molecule has 1 atom stereocenters. The minimum Gasteiger partial charge on any atom is -0.465 e. The van der Waals surface area contributed by atoms with Gasteiger partial charge in [-0.15, -0.1) is 0 Å². The highest BCUT2D eigenvalue weighted by Gasteiger charge is 2.30. The number of benzene rings is 2. The fraction of sp³-hybridized carbons (Fsp3) is 0.250. The summed E-state index contributed by atoms with van der Waals surface area (Å²) in [6, 6.07) is 12.2. The smallest absolute Gasteiger partial charge is 0.326 e. The van der Waals surface area contributed by atoms with Gasteiger partial charge in [0.2, 0.25) is 5.91 Å². The van der Waals surface area contributed by atoms with Crippen LogP contribution in [0.25, 0.3) is 0 Å². The molecule has 2 aromatic rings. The first-order valence-corrected chi connectivity index (χ1v) is 12.0. The number of thioether (sulfide) groups is 1. The van der Waals surface area contributed by atoms with Crippen molar-refractivity contribution in [2.75, 3.05) is 17.5 Å². The van der Waals surface area contributed by atoms with Crippen molar-refractivity contribution in [3.63, 3.8) is 0 Å². The number of halogens is 1. The normalized spacial score (nSPS) is 16.1. The third-order valence-corrected chi connectivity index (χ3v) is 7.46. The van der Waals surface area contributed by atoms with Gasteiger partial charge in [0, 0.05) is 5.02 Å². The van der Waals surface area contributed by atoms with Gasteiger partial charge in [-0.2, -0.15) is 0 Å². The second-order valence-electron chi connectivity index (χ2n) is 6.57. The molecule has 0 bridgehead atoms. The van der Waals surface area contributed by atoms with Crippen LogP contribution in [0.2, 0.25) is 5.02 Å². The van der Waals surface area contributed by atoms with Gasteiger partial charge < -0.3 is 10.1 Å². The molecule has 0 spiro atoms. The molecule has 164 valence electrons. The minimum absolute atomic E-state index is 0.0113. The zero-order chi connectivity index (χ0) is 22.6. The highest BCUT2D eigenvalue weighted by atomic mass is 35.5. The Hall–Kier alpha value is -2.56. The predicted molar refractivity (Wildman–Crippen MR) is 120 cm³/mol. The number of rotatable bonds is 8. The van der Waals surface area contributed by atoms with Crippen LogP contribution in [-0.4, -0.2) is 43.9 Å². The van der Waals surface area contributed by atoms with Gasteiger partial charge in [0.1, 0.15) is 6.54 Å². The van der Waals surface area contributed by atoms with Crippen LogP contribution in [-0.2, 0) is 30.8 Å². The number of ether oxygens (including phenoxy) is 1. The quantitative estimate of drug-likeness (QED) is 0.560. The summed E-state index contributed by atoms with van der Waals surface area (Å²) in [4.78, 5) is 23.9. The van der Waals surface area contributed by atoms with E-state index >= 15 is 0 Å². The number of hydrogen-bond donors (Lipinski definition) is 2. The first-order chi connectivity index (χ1) is 14.7. The first-order valence-electron chi connectivity index (χ1n) is 9.29. The zero-order valence-corrected chi connectivity index (χ0v) is 18.9. The Balaban J connectivity index is 1.88. The molecule has 1 amide bonds. The predicted octanol–water partition coefficient (Wildman–Crippen LogP) is 2.81. The van der Waals surface area contributed by atoms with Crippen molar-refractivity contribution in [3.8, 4) is 0 Å². The largest absolute Gasteiger partial charge is 0.465 e. The van der Waals surface area contributed by atoms with Gasteiger partial charge in [0.05, 0.1) is 22.4 Å². The number of hydrogen-bond acceptors (Lipinski definition) is 7. The molecule has 1 aliphatic heterocycles. The fourth-order valence-electron chi connectivity index (χ4n) is 2.94. The van der Waals surface area contributed by atoms with E-state index in [1.807, 2.05) is 0 Å². The van der Waals surface area contributed by atoms with Crippen molar-refractivity contribution < 1.29 is 22.7 Å². The number of esters is 1. The van der Waals surface area contributed by atoms with Crippen LogP contribution in [0.1, 0.15) is 12.5 Å². The Morgan fingerprint density at radius 1 is 1.19 bits per heavy atom. The summed E-state index contributed by atoms with van der Waals surface area (Å²) in [5.74, 6) is -0.907. The average molecular weight is 482 g/mol. The van der Waals surface area contributed by atoms with Gasteiger partial charge in [0.15, 0.2) is 5.17 Å². The summed E-state index contributed by atoms with van der Waals surface area (Å²) in [5.41, 5.74) is 1.08. The molecule has 1 heterocycles. The van der Waals surface area contributed by atoms with Crippen LogP contribution < -0.4 is 9.62 Å². The molecule has 0 saturated carbocycles. The number of amides is 1. The van der Waals surface area contributed by atoms with Crippen molar-refractivity contribution in [3.05, 3.63) is 59.1 Å². The van der Waals surface area contributed by atoms with E-state index in [1.165, 1.54) is 24.3 Å². The van der Waals surface area contributed by atoms with Crippen LogP contribution in [0.4, 0.5) is 5.69 Å².